The van der Waals surface area contributed by atoms with Gasteiger partial charge >= 0.3 is 0 Å². The molecule has 0 unspecified atom stereocenters. The molecular formula is C22H25N7O3. The van der Waals surface area contributed by atoms with Crippen molar-refractivity contribution < 1.29 is 14.3 Å². The Kier molecular flexibility index (Phi) is 5.68. The van der Waals surface area contributed by atoms with Gasteiger partial charge in [0, 0.05) is 19.1 Å². The topological polar surface area (TPSA) is 107 Å². The molecule has 2 aliphatic heterocycles. The Balaban J connectivity index is 1.51. The van der Waals surface area contributed by atoms with E-state index in [4.69, 9.17) is 9.47 Å². The van der Waals surface area contributed by atoms with Gasteiger partial charge in [-0.05, 0) is 38.0 Å². The van der Waals surface area contributed by atoms with Gasteiger partial charge in [-0.3, -0.25) is 4.79 Å². The summed E-state index contributed by atoms with van der Waals surface area (Å²) in [5, 5.41) is 11.2. The van der Waals surface area contributed by atoms with E-state index in [9.17, 15) is 4.79 Å². The molecule has 1 atom stereocenters. The van der Waals surface area contributed by atoms with Crippen molar-refractivity contribution in [3.63, 3.8) is 0 Å². The van der Waals surface area contributed by atoms with E-state index in [1.54, 1.807) is 18.6 Å². The maximum absolute atomic E-state index is 13.2. The lowest BCUT2D eigenvalue weighted by Crippen LogP contribution is -2.36. The average molecular weight is 435 g/mol. The minimum absolute atomic E-state index is 0.169. The number of carbonyl (C=O) groups excluding carboxylic acids is 1. The fourth-order valence-corrected chi connectivity index (χ4v) is 3.96. The van der Waals surface area contributed by atoms with Gasteiger partial charge in [0.2, 0.25) is 5.88 Å². The van der Waals surface area contributed by atoms with Crippen LogP contribution in [0.15, 0.2) is 36.8 Å². The van der Waals surface area contributed by atoms with E-state index < -0.39 is 0 Å². The molecule has 1 fully saturated rings. The summed E-state index contributed by atoms with van der Waals surface area (Å²) >= 11 is 0. The number of ether oxygens (including phenoxy) is 2. The predicted molar refractivity (Wildman–Crippen MR) is 118 cm³/mol. The summed E-state index contributed by atoms with van der Waals surface area (Å²) in [7, 11) is 0. The molecule has 3 aromatic rings. The molecule has 0 saturated carbocycles. The highest BCUT2D eigenvalue weighted by Crippen LogP contribution is 2.27. The Labute approximate surface area is 185 Å². The van der Waals surface area contributed by atoms with Crippen LogP contribution < -0.4 is 15.0 Å². The Hall–Kier alpha value is -3.53. The number of amides is 1. The predicted octanol–water partition coefficient (Wildman–Crippen LogP) is 2.56. The summed E-state index contributed by atoms with van der Waals surface area (Å²) in [6.07, 6.45) is 5.12. The lowest BCUT2D eigenvalue weighted by molar-refractivity contribution is 0.102. The smallest absolute Gasteiger partial charge is 0.262 e. The summed E-state index contributed by atoms with van der Waals surface area (Å²) in [6, 6.07) is 7.45. The Morgan fingerprint density at radius 3 is 2.94 bits per heavy atom. The molecule has 2 aliphatic rings. The first-order valence-electron chi connectivity index (χ1n) is 10.8. The molecule has 5 rings (SSSR count). The second-order valence-corrected chi connectivity index (χ2v) is 7.91. The molecule has 0 aliphatic carbocycles. The number of hydrogen-bond acceptors (Lipinski definition) is 8. The molecule has 0 aromatic carbocycles. The summed E-state index contributed by atoms with van der Waals surface area (Å²) in [5.74, 6) is 1.10. The van der Waals surface area contributed by atoms with Crippen LogP contribution in [-0.2, 0) is 4.74 Å². The number of aromatic nitrogens is 5. The molecule has 1 amide bonds. The van der Waals surface area contributed by atoms with Crippen LogP contribution in [0.2, 0.25) is 0 Å². The van der Waals surface area contributed by atoms with Crippen LogP contribution in [0.4, 0.5) is 11.5 Å². The number of morpholine rings is 1. The summed E-state index contributed by atoms with van der Waals surface area (Å²) < 4.78 is 13.4. The maximum Gasteiger partial charge on any atom is 0.262 e. The SMILES string of the molecule is C[C@@H]1CCCOc2ncc(N3CCOCC3)cc2C(=O)Nc2cccc(n2)-c2nncn21. The highest BCUT2D eigenvalue weighted by Gasteiger charge is 2.21. The van der Waals surface area contributed by atoms with E-state index in [-0.39, 0.29) is 11.9 Å². The Bertz CT molecular complexity index is 1110. The van der Waals surface area contributed by atoms with Crippen LogP contribution in [-0.4, -0.2) is 63.5 Å². The second kappa shape index (κ2) is 8.91. The van der Waals surface area contributed by atoms with Gasteiger partial charge < -0.3 is 24.3 Å². The van der Waals surface area contributed by atoms with Crippen molar-refractivity contribution >= 4 is 17.4 Å². The van der Waals surface area contributed by atoms with Crippen molar-refractivity contribution in [2.45, 2.75) is 25.8 Å². The van der Waals surface area contributed by atoms with E-state index in [0.717, 1.165) is 31.6 Å². The van der Waals surface area contributed by atoms with E-state index in [0.29, 0.717) is 48.6 Å². The van der Waals surface area contributed by atoms with Crippen molar-refractivity contribution in [3.05, 3.63) is 42.4 Å². The number of fused-ring (bicyclic) bond motifs is 5. The van der Waals surface area contributed by atoms with Crippen molar-refractivity contribution in [2.75, 3.05) is 43.1 Å². The van der Waals surface area contributed by atoms with Gasteiger partial charge in [0.1, 0.15) is 23.4 Å². The lowest BCUT2D eigenvalue weighted by atomic mass is 10.1. The number of rotatable bonds is 1. The molecule has 5 heterocycles. The molecule has 1 saturated heterocycles. The molecule has 10 heteroatoms. The number of nitrogens with one attached hydrogen (secondary N) is 1. The largest absolute Gasteiger partial charge is 0.477 e. The van der Waals surface area contributed by atoms with Gasteiger partial charge in [0.15, 0.2) is 5.82 Å². The number of pyridine rings is 2. The second-order valence-electron chi connectivity index (χ2n) is 7.91. The van der Waals surface area contributed by atoms with E-state index in [1.165, 1.54) is 0 Å². The number of hydrogen-bond donors (Lipinski definition) is 1. The third-order valence-electron chi connectivity index (χ3n) is 5.73. The molecule has 1 N–H and O–H groups in total. The van der Waals surface area contributed by atoms with Crippen LogP contribution in [0.3, 0.4) is 0 Å². The van der Waals surface area contributed by atoms with Crippen molar-refractivity contribution in [3.8, 4) is 17.4 Å². The van der Waals surface area contributed by atoms with Gasteiger partial charge in [0.05, 0.1) is 31.7 Å². The monoisotopic (exact) mass is 435 g/mol. The third kappa shape index (κ3) is 4.13. The molecule has 166 valence electrons. The molecule has 10 nitrogen and oxygen atoms in total. The zero-order valence-electron chi connectivity index (χ0n) is 17.9. The summed E-state index contributed by atoms with van der Waals surface area (Å²) in [6.45, 7) is 5.38. The maximum atomic E-state index is 13.2. The first kappa shape index (κ1) is 20.4. The number of nitrogens with zero attached hydrogens (tertiary/aromatic N) is 6. The Morgan fingerprint density at radius 2 is 2.06 bits per heavy atom. The molecule has 32 heavy (non-hydrogen) atoms. The Morgan fingerprint density at radius 1 is 1.19 bits per heavy atom. The summed E-state index contributed by atoms with van der Waals surface area (Å²) in [5.41, 5.74) is 1.91. The molecule has 2 bridgehead atoms. The minimum Gasteiger partial charge on any atom is -0.477 e. The highest BCUT2D eigenvalue weighted by atomic mass is 16.5. The van der Waals surface area contributed by atoms with Crippen LogP contribution in [0.1, 0.15) is 36.2 Å². The number of carbonyl (C=O) groups is 1. The number of anilines is 2. The van der Waals surface area contributed by atoms with Gasteiger partial charge in [0.25, 0.3) is 5.91 Å². The fourth-order valence-electron chi connectivity index (χ4n) is 3.96. The van der Waals surface area contributed by atoms with Crippen molar-refractivity contribution in [2.24, 2.45) is 0 Å². The van der Waals surface area contributed by atoms with Gasteiger partial charge in [-0.25, -0.2) is 9.97 Å². The van der Waals surface area contributed by atoms with Crippen molar-refractivity contribution in [1.82, 2.24) is 24.7 Å². The van der Waals surface area contributed by atoms with Crippen LogP contribution >= 0.6 is 0 Å². The van der Waals surface area contributed by atoms with Gasteiger partial charge in [-0.1, -0.05) is 6.07 Å². The van der Waals surface area contributed by atoms with Crippen LogP contribution in [0, 0.1) is 0 Å². The minimum atomic E-state index is -0.320. The van der Waals surface area contributed by atoms with Crippen molar-refractivity contribution in [1.29, 1.82) is 0 Å². The third-order valence-corrected chi connectivity index (χ3v) is 5.73. The van der Waals surface area contributed by atoms with Gasteiger partial charge in [-0.15, -0.1) is 10.2 Å². The van der Waals surface area contributed by atoms with E-state index in [2.05, 4.69) is 37.3 Å². The van der Waals surface area contributed by atoms with Crippen LogP contribution in [0.5, 0.6) is 5.88 Å². The molecule has 0 spiro atoms. The fraction of sp³-hybridized carbons (Fsp3) is 0.409. The first-order chi connectivity index (χ1) is 15.7. The zero-order chi connectivity index (χ0) is 21.9. The standard InChI is InChI=1S/C22H25N7O3/c1-15-4-3-9-32-22-17(12-16(13-23-22)28-7-10-31-11-8-28)21(30)26-19-6-2-5-18(25-19)20-27-24-14-29(15)20/h2,5-6,12-15H,3-4,7-11H2,1H3,(H,25,26,30)/t15-/m1/s1. The highest BCUT2D eigenvalue weighted by molar-refractivity contribution is 6.06. The molecule has 3 aromatic heterocycles. The summed E-state index contributed by atoms with van der Waals surface area (Å²) in [4.78, 5) is 24.5. The lowest BCUT2D eigenvalue weighted by Gasteiger charge is -2.29. The average Bonchev–Trinajstić information content (AvgIpc) is 3.32. The van der Waals surface area contributed by atoms with E-state index >= 15 is 0 Å². The van der Waals surface area contributed by atoms with E-state index in [1.807, 2.05) is 22.8 Å². The molecule has 0 radical (unpaired) electrons. The quantitative estimate of drug-likeness (QED) is 0.621. The van der Waals surface area contributed by atoms with Gasteiger partial charge in [-0.2, -0.15) is 0 Å². The zero-order valence-corrected chi connectivity index (χ0v) is 17.9. The normalized spacial score (nSPS) is 19.2. The molecular weight excluding hydrogens is 410 g/mol. The first-order valence-corrected chi connectivity index (χ1v) is 10.8. The van der Waals surface area contributed by atoms with Crippen LogP contribution in [0.25, 0.3) is 11.5 Å².